The normalized spacial score (nSPS) is 23.0. The van der Waals surface area contributed by atoms with E-state index >= 15 is 0 Å². The topological polar surface area (TPSA) is 15.3 Å². The molecule has 1 aliphatic rings. The summed E-state index contributed by atoms with van der Waals surface area (Å²) >= 11 is 5.72. The van der Waals surface area contributed by atoms with Crippen LogP contribution >= 0.6 is 11.6 Å². The molecule has 2 nitrogen and oxygen atoms in total. The fourth-order valence-corrected chi connectivity index (χ4v) is 2.08. The monoisotopic (exact) mass is 228 g/mol. The van der Waals surface area contributed by atoms with Crippen molar-refractivity contribution in [3.8, 4) is 0 Å². The van der Waals surface area contributed by atoms with Crippen LogP contribution in [0.2, 0.25) is 5.02 Å². The van der Waals surface area contributed by atoms with Crippen molar-refractivity contribution in [1.82, 2.24) is 10.2 Å². The SMILES string of the molecule is CN1CCNCC1c1ccc(Cl)cc1F. The van der Waals surface area contributed by atoms with Gasteiger partial charge in [0, 0.05) is 36.3 Å². The van der Waals surface area contributed by atoms with E-state index in [1.54, 1.807) is 12.1 Å². The molecule has 1 aromatic rings. The number of hydrogen-bond acceptors (Lipinski definition) is 2. The molecular formula is C11H14ClFN2. The first-order valence-electron chi connectivity index (χ1n) is 5.04. The maximum atomic E-state index is 13.7. The predicted molar refractivity (Wildman–Crippen MR) is 59.7 cm³/mol. The van der Waals surface area contributed by atoms with Crippen molar-refractivity contribution < 1.29 is 4.39 Å². The maximum Gasteiger partial charge on any atom is 0.129 e. The van der Waals surface area contributed by atoms with E-state index in [0.29, 0.717) is 10.6 Å². The van der Waals surface area contributed by atoms with E-state index in [1.165, 1.54) is 6.07 Å². The first-order valence-corrected chi connectivity index (χ1v) is 5.42. The van der Waals surface area contributed by atoms with E-state index in [0.717, 1.165) is 19.6 Å². The van der Waals surface area contributed by atoms with Gasteiger partial charge in [-0.15, -0.1) is 0 Å². The summed E-state index contributed by atoms with van der Waals surface area (Å²) in [7, 11) is 2.01. The molecule has 1 fully saturated rings. The van der Waals surface area contributed by atoms with Crippen molar-refractivity contribution in [3.05, 3.63) is 34.6 Å². The third-order valence-electron chi connectivity index (χ3n) is 2.83. The zero-order chi connectivity index (χ0) is 10.8. The number of likely N-dealkylation sites (N-methyl/N-ethyl adjacent to an activating group) is 1. The Kier molecular flexibility index (Phi) is 3.24. The third kappa shape index (κ3) is 2.30. The van der Waals surface area contributed by atoms with Gasteiger partial charge >= 0.3 is 0 Å². The summed E-state index contributed by atoms with van der Waals surface area (Å²) in [5, 5.41) is 3.71. The molecule has 0 saturated carbocycles. The molecule has 1 aromatic carbocycles. The molecule has 0 radical (unpaired) electrons. The van der Waals surface area contributed by atoms with Crippen molar-refractivity contribution in [2.45, 2.75) is 6.04 Å². The van der Waals surface area contributed by atoms with E-state index in [-0.39, 0.29) is 11.9 Å². The largest absolute Gasteiger partial charge is 0.314 e. The molecule has 2 rings (SSSR count). The van der Waals surface area contributed by atoms with Crippen LogP contribution in [0.5, 0.6) is 0 Å². The third-order valence-corrected chi connectivity index (χ3v) is 3.07. The summed E-state index contributed by atoms with van der Waals surface area (Å²) < 4.78 is 13.7. The van der Waals surface area contributed by atoms with Gasteiger partial charge in [-0.25, -0.2) is 4.39 Å². The molecule has 1 atom stereocenters. The lowest BCUT2D eigenvalue weighted by atomic mass is 10.0. The van der Waals surface area contributed by atoms with E-state index < -0.39 is 0 Å². The second-order valence-corrected chi connectivity index (χ2v) is 4.30. The molecule has 0 bridgehead atoms. The Bertz CT molecular complexity index is 356. The molecule has 0 aliphatic carbocycles. The Morgan fingerprint density at radius 3 is 3.00 bits per heavy atom. The lowest BCUT2D eigenvalue weighted by Gasteiger charge is -2.33. The average molecular weight is 229 g/mol. The first kappa shape index (κ1) is 10.9. The van der Waals surface area contributed by atoms with Crippen LogP contribution in [-0.4, -0.2) is 31.6 Å². The van der Waals surface area contributed by atoms with Crippen molar-refractivity contribution in [2.24, 2.45) is 0 Å². The number of hydrogen-bond donors (Lipinski definition) is 1. The van der Waals surface area contributed by atoms with Crippen LogP contribution in [0.25, 0.3) is 0 Å². The summed E-state index contributed by atoms with van der Waals surface area (Å²) in [4.78, 5) is 2.16. The second-order valence-electron chi connectivity index (χ2n) is 3.87. The second kappa shape index (κ2) is 4.47. The molecule has 4 heteroatoms. The quantitative estimate of drug-likeness (QED) is 0.792. The maximum absolute atomic E-state index is 13.7. The van der Waals surface area contributed by atoms with Gasteiger partial charge in [-0.05, 0) is 19.2 Å². The van der Waals surface area contributed by atoms with Gasteiger partial charge in [0.25, 0.3) is 0 Å². The zero-order valence-electron chi connectivity index (χ0n) is 8.63. The number of nitrogens with zero attached hydrogens (tertiary/aromatic N) is 1. The molecule has 0 amide bonds. The van der Waals surface area contributed by atoms with E-state index in [4.69, 9.17) is 11.6 Å². The molecule has 0 spiro atoms. The minimum Gasteiger partial charge on any atom is -0.314 e. The van der Waals surface area contributed by atoms with Crippen molar-refractivity contribution >= 4 is 11.6 Å². The Balaban J connectivity index is 2.27. The molecular weight excluding hydrogens is 215 g/mol. The fourth-order valence-electron chi connectivity index (χ4n) is 1.93. The van der Waals surface area contributed by atoms with Crippen LogP contribution in [0, 0.1) is 5.82 Å². The molecule has 1 unspecified atom stereocenters. The highest BCUT2D eigenvalue weighted by Crippen LogP contribution is 2.25. The summed E-state index contributed by atoms with van der Waals surface area (Å²) in [5.41, 5.74) is 0.717. The van der Waals surface area contributed by atoms with Gasteiger partial charge in [0.1, 0.15) is 5.82 Å². The van der Waals surface area contributed by atoms with Crippen LogP contribution in [0.4, 0.5) is 4.39 Å². The number of nitrogens with one attached hydrogen (secondary N) is 1. The minimum absolute atomic E-state index is 0.107. The van der Waals surface area contributed by atoms with Gasteiger partial charge in [-0.2, -0.15) is 0 Å². The summed E-state index contributed by atoms with van der Waals surface area (Å²) in [5.74, 6) is -0.219. The summed E-state index contributed by atoms with van der Waals surface area (Å²) in [6.45, 7) is 2.68. The molecule has 1 saturated heterocycles. The Morgan fingerprint density at radius 2 is 2.33 bits per heavy atom. The van der Waals surface area contributed by atoms with E-state index in [9.17, 15) is 4.39 Å². The number of benzene rings is 1. The van der Waals surface area contributed by atoms with Gasteiger partial charge in [0.2, 0.25) is 0 Å². The first-order chi connectivity index (χ1) is 7.18. The Morgan fingerprint density at radius 1 is 1.53 bits per heavy atom. The molecule has 1 heterocycles. The zero-order valence-corrected chi connectivity index (χ0v) is 9.39. The van der Waals surface area contributed by atoms with Gasteiger partial charge in [0.05, 0.1) is 0 Å². The summed E-state index contributed by atoms with van der Waals surface area (Å²) in [6, 6.07) is 4.99. The minimum atomic E-state index is -0.219. The number of piperazine rings is 1. The van der Waals surface area contributed by atoms with Crippen molar-refractivity contribution in [3.63, 3.8) is 0 Å². The average Bonchev–Trinajstić information content (AvgIpc) is 2.20. The predicted octanol–water partition coefficient (Wildman–Crippen LogP) is 2.06. The molecule has 15 heavy (non-hydrogen) atoms. The molecule has 82 valence electrons. The lowest BCUT2D eigenvalue weighted by Crippen LogP contribution is -2.44. The standard InChI is InChI=1S/C11H14ClFN2/c1-15-5-4-14-7-11(15)9-3-2-8(12)6-10(9)13/h2-3,6,11,14H,4-5,7H2,1H3. The van der Waals surface area contributed by atoms with Crippen LogP contribution in [-0.2, 0) is 0 Å². The molecule has 1 N–H and O–H groups in total. The van der Waals surface area contributed by atoms with Crippen molar-refractivity contribution in [1.29, 1.82) is 0 Å². The van der Waals surface area contributed by atoms with E-state index in [1.807, 2.05) is 7.05 Å². The van der Waals surface area contributed by atoms with Gasteiger partial charge < -0.3 is 5.32 Å². The van der Waals surface area contributed by atoms with E-state index in [2.05, 4.69) is 10.2 Å². The number of halogens is 2. The Labute approximate surface area is 94.0 Å². The van der Waals surface area contributed by atoms with Gasteiger partial charge in [0.15, 0.2) is 0 Å². The van der Waals surface area contributed by atoms with Crippen LogP contribution in [0.15, 0.2) is 18.2 Å². The Hall–Kier alpha value is -0.640. The van der Waals surface area contributed by atoms with Crippen LogP contribution in [0.1, 0.15) is 11.6 Å². The van der Waals surface area contributed by atoms with Crippen LogP contribution < -0.4 is 5.32 Å². The fraction of sp³-hybridized carbons (Fsp3) is 0.455. The highest BCUT2D eigenvalue weighted by molar-refractivity contribution is 6.30. The smallest absolute Gasteiger partial charge is 0.129 e. The van der Waals surface area contributed by atoms with Crippen LogP contribution in [0.3, 0.4) is 0 Å². The highest BCUT2D eigenvalue weighted by atomic mass is 35.5. The molecule has 1 aliphatic heterocycles. The summed E-state index contributed by atoms with van der Waals surface area (Å²) in [6.07, 6.45) is 0. The van der Waals surface area contributed by atoms with Crippen molar-refractivity contribution in [2.75, 3.05) is 26.7 Å². The number of rotatable bonds is 1. The van der Waals surface area contributed by atoms with Gasteiger partial charge in [-0.3, -0.25) is 4.90 Å². The van der Waals surface area contributed by atoms with Gasteiger partial charge in [-0.1, -0.05) is 17.7 Å². The highest BCUT2D eigenvalue weighted by Gasteiger charge is 2.22. The molecule has 0 aromatic heterocycles. The lowest BCUT2D eigenvalue weighted by molar-refractivity contribution is 0.198.